The Morgan fingerprint density at radius 2 is 2.22 bits per heavy atom. The molecule has 1 heterocycles. The Hall–Kier alpha value is -1.51. The molecule has 1 saturated carbocycles. The van der Waals surface area contributed by atoms with E-state index in [9.17, 15) is 4.79 Å². The number of piperidine rings is 1. The molecular weight excluding hydrogens is 224 g/mol. The molecular formula is C15H20N2O. The number of hydrogen-bond acceptors (Lipinski definition) is 2. The van der Waals surface area contributed by atoms with Crippen molar-refractivity contribution in [2.24, 2.45) is 5.92 Å². The van der Waals surface area contributed by atoms with E-state index in [1.165, 1.54) is 24.8 Å². The van der Waals surface area contributed by atoms with Gasteiger partial charge < -0.3 is 10.2 Å². The minimum absolute atomic E-state index is 0.201. The summed E-state index contributed by atoms with van der Waals surface area (Å²) in [6.45, 7) is 3.01. The van der Waals surface area contributed by atoms with Gasteiger partial charge in [0.25, 0.3) is 5.91 Å². The Morgan fingerprint density at radius 3 is 2.83 bits per heavy atom. The van der Waals surface area contributed by atoms with Gasteiger partial charge in [0.1, 0.15) is 0 Å². The lowest BCUT2D eigenvalue weighted by molar-refractivity contribution is 0.0704. The number of hydrogen-bond donors (Lipinski definition) is 1. The Labute approximate surface area is 108 Å². The predicted molar refractivity (Wildman–Crippen MR) is 72.9 cm³/mol. The summed E-state index contributed by atoms with van der Waals surface area (Å²) in [5.74, 6) is 0.953. The van der Waals surface area contributed by atoms with Crippen LogP contribution in [0.3, 0.4) is 0 Å². The van der Waals surface area contributed by atoms with Crippen LogP contribution in [-0.4, -0.2) is 30.4 Å². The van der Waals surface area contributed by atoms with Crippen LogP contribution >= 0.6 is 0 Å². The molecule has 2 atom stereocenters. The van der Waals surface area contributed by atoms with E-state index in [0.29, 0.717) is 6.04 Å². The smallest absolute Gasteiger partial charge is 0.256 e. The van der Waals surface area contributed by atoms with Gasteiger partial charge in [-0.25, -0.2) is 0 Å². The molecule has 3 heteroatoms. The maximum atomic E-state index is 12.6. The topological polar surface area (TPSA) is 32.3 Å². The fraction of sp³-hybridized carbons (Fsp3) is 0.533. The van der Waals surface area contributed by atoms with Crippen LogP contribution in [0, 0.1) is 12.8 Å². The van der Waals surface area contributed by atoms with Gasteiger partial charge in [-0.1, -0.05) is 6.07 Å². The van der Waals surface area contributed by atoms with Crippen LogP contribution in [0.1, 0.15) is 35.2 Å². The molecule has 0 aromatic heterocycles. The second-order valence-corrected chi connectivity index (χ2v) is 5.59. The van der Waals surface area contributed by atoms with Gasteiger partial charge in [0.15, 0.2) is 0 Å². The zero-order valence-electron chi connectivity index (χ0n) is 11.1. The van der Waals surface area contributed by atoms with E-state index < -0.39 is 0 Å². The van der Waals surface area contributed by atoms with Crippen LogP contribution < -0.4 is 5.32 Å². The van der Waals surface area contributed by atoms with Crippen molar-refractivity contribution in [2.45, 2.75) is 32.2 Å². The third-order valence-corrected chi connectivity index (χ3v) is 4.34. The zero-order chi connectivity index (χ0) is 12.7. The molecule has 2 aliphatic rings. The molecule has 1 aromatic rings. The summed E-state index contributed by atoms with van der Waals surface area (Å²) >= 11 is 0. The van der Waals surface area contributed by atoms with Gasteiger partial charge in [-0.3, -0.25) is 4.79 Å². The average Bonchev–Trinajstić information content (AvgIpc) is 3.00. The number of anilines is 1. The van der Waals surface area contributed by atoms with Crippen molar-refractivity contribution in [1.82, 2.24) is 4.90 Å². The highest BCUT2D eigenvalue weighted by Crippen LogP contribution is 2.38. The zero-order valence-corrected chi connectivity index (χ0v) is 11.1. The van der Waals surface area contributed by atoms with E-state index >= 15 is 0 Å². The average molecular weight is 244 g/mol. The van der Waals surface area contributed by atoms with Gasteiger partial charge in [-0.2, -0.15) is 0 Å². The molecule has 96 valence electrons. The Morgan fingerprint density at radius 1 is 1.39 bits per heavy atom. The summed E-state index contributed by atoms with van der Waals surface area (Å²) in [4.78, 5) is 14.7. The summed E-state index contributed by atoms with van der Waals surface area (Å²) in [7, 11) is 1.88. The standard InChI is InChI=1S/C15H20N2O/c1-10-3-6-13(14(7-10)16-2)15(18)17-9-11-4-5-12(17)8-11/h3,6-7,11-12,16H,4-5,8-9H2,1-2H3. The molecule has 1 N–H and O–H groups in total. The van der Waals surface area contributed by atoms with Crippen LogP contribution in [0.4, 0.5) is 5.69 Å². The Balaban J connectivity index is 1.88. The lowest BCUT2D eigenvalue weighted by atomic mass is 10.1. The van der Waals surface area contributed by atoms with Crippen LogP contribution in [0.15, 0.2) is 18.2 Å². The van der Waals surface area contributed by atoms with Crippen molar-refractivity contribution in [3.63, 3.8) is 0 Å². The summed E-state index contributed by atoms with van der Waals surface area (Å²) in [6, 6.07) is 6.51. The molecule has 2 unspecified atom stereocenters. The molecule has 1 aliphatic carbocycles. The van der Waals surface area contributed by atoms with E-state index in [0.717, 1.165) is 23.7 Å². The summed E-state index contributed by atoms with van der Waals surface area (Å²) < 4.78 is 0. The second kappa shape index (κ2) is 4.30. The quantitative estimate of drug-likeness (QED) is 0.867. The minimum atomic E-state index is 0.201. The largest absolute Gasteiger partial charge is 0.387 e. The number of fused-ring (bicyclic) bond motifs is 2. The molecule has 0 radical (unpaired) electrons. The molecule has 2 bridgehead atoms. The first-order valence-electron chi connectivity index (χ1n) is 6.78. The molecule has 3 rings (SSSR count). The number of rotatable bonds is 2. The first-order valence-corrected chi connectivity index (χ1v) is 6.78. The number of nitrogens with zero attached hydrogens (tertiary/aromatic N) is 1. The monoisotopic (exact) mass is 244 g/mol. The summed E-state index contributed by atoms with van der Waals surface area (Å²) in [5.41, 5.74) is 2.94. The van der Waals surface area contributed by atoms with Crippen molar-refractivity contribution in [3.05, 3.63) is 29.3 Å². The van der Waals surface area contributed by atoms with Crippen LogP contribution in [0.25, 0.3) is 0 Å². The summed E-state index contributed by atoms with van der Waals surface area (Å²) in [6.07, 6.45) is 3.71. The molecule has 1 aliphatic heterocycles. The van der Waals surface area contributed by atoms with Gasteiger partial charge in [0, 0.05) is 25.3 Å². The molecule has 1 amide bonds. The molecule has 0 spiro atoms. The Bertz CT molecular complexity index is 483. The van der Waals surface area contributed by atoms with Gasteiger partial charge in [-0.05, 0) is 49.8 Å². The highest BCUT2D eigenvalue weighted by Gasteiger charge is 2.40. The Kier molecular flexibility index (Phi) is 2.77. The maximum Gasteiger partial charge on any atom is 0.256 e. The number of benzene rings is 1. The maximum absolute atomic E-state index is 12.6. The third-order valence-electron chi connectivity index (χ3n) is 4.34. The fourth-order valence-corrected chi connectivity index (χ4v) is 3.38. The van der Waals surface area contributed by atoms with E-state index in [1.54, 1.807) is 0 Å². The highest BCUT2D eigenvalue weighted by molar-refractivity contribution is 6.00. The van der Waals surface area contributed by atoms with Crippen LogP contribution in [-0.2, 0) is 0 Å². The van der Waals surface area contributed by atoms with Crippen molar-refractivity contribution in [2.75, 3.05) is 18.9 Å². The molecule has 2 fully saturated rings. The van der Waals surface area contributed by atoms with E-state index in [4.69, 9.17) is 0 Å². The number of carbonyl (C=O) groups excluding carboxylic acids is 1. The van der Waals surface area contributed by atoms with Crippen molar-refractivity contribution >= 4 is 11.6 Å². The summed E-state index contributed by atoms with van der Waals surface area (Å²) in [5, 5.41) is 3.14. The van der Waals surface area contributed by atoms with Gasteiger partial charge in [-0.15, -0.1) is 0 Å². The number of likely N-dealkylation sites (tertiary alicyclic amines) is 1. The predicted octanol–water partition coefficient (Wildman–Crippen LogP) is 2.66. The van der Waals surface area contributed by atoms with Crippen molar-refractivity contribution in [3.8, 4) is 0 Å². The number of aryl methyl sites for hydroxylation is 1. The molecule has 1 aromatic carbocycles. The second-order valence-electron chi connectivity index (χ2n) is 5.59. The lowest BCUT2D eigenvalue weighted by Crippen LogP contribution is -2.37. The highest BCUT2D eigenvalue weighted by atomic mass is 16.2. The first-order chi connectivity index (χ1) is 8.69. The normalized spacial score (nSPS) is 25.6. The van der Waals surface area contributed by atoms with Gasteiger partial charge in [0.05, 0.1) is 5.56 Å². The number of carbonyl (C=O) groups is 1. The van der Waals surface area contributed by atoms with E-state index in [-0.39, 0.29) is 5.91 Å². The van der Waals surface area contributed by atoms with Crippen molar-refractivity contribution < 1.29 is 4.79 Å². The number of amides is 1. The first kappa shape index (κ1) is 11.6. The molecule has 3 nitrogen and oxygen atoms in total. The molecule has 18 heavy (non-hydrogen) atoms. The van der Waals surface area contributed by atoms with E-state index in [2.05, 4.69) is 10.2 Å². The lowest BCUT2D eigenvalue weighted by Gasteiger charge is -2.27. The third kappa shape index (κ3) is 1.78. The van der Waals surface area contributed by atoms with Crippen LogP contribution in [0.5, 0.6) is 0 Å². The fourth-order valence-electron chi connectivity index (χ4n) is 3.38. The van der Waals surface area contributed by atoms with Gasteiger partial charge >= 0.3 is 0 Å². The van der Waals surface area contributed by atoms with E-state index in [1.807, 2.05) is 32.2 Å². The van der Waals surface area contributed by atoms with Crippen molar-refractivity contribution in [1.29, 1.82) is 0 Å². The minimum Gasteiger partial charge on any atom is -0.387 e. The SMILES string of the molecule is CNc1cc(C)ccc1C(=O)N1CC2CCC1C2. The number of nitrogens with one attached hydrogen (secondary N) is 1. The van der Waals surface area contributed by atoms with Crippen LogP contribution in [0.2, 0.25) is 0 Å². The molecule has 1 saturated heterocycles. The van der Waals surface area contributed by atoms with Gasteiger partial charge in [0.2, 0.25) is 0 Å².